The second-order valence-corrected chi connectivity index (χ2v) is 7.07. The van der Waals surface area contributed by atoms with E-state index in [9.17, 15) is 17.6 Å². The zero-order valence-corrected chi connectivity index (χ0v) is 17.1. The summed E-state index contributed by atoms with van der Waals surface area (Å²) in [6.45, 7) is 0. The molecule has 0 spiro atoms. The maximum Gasteiger partial charge on any atom is 1.00 e. The fourth-order valence-electron chi connectivity index (χ4n) is 4.16. The first-order valence-corrected chi connectivity index (χ1v) is 9.20. The van der Waals surface area contributed by atoms with Gasteiger partial charge in [-0.1, -0.05) is 48.5 Å². The monoisotopic (exact) mass is 498 g/mol. The van der Waals surface area contributed by atoms with Gasteiger partial charge in [0.25, 0.3) is 0 Å². The van der Waals surface area contributed by atoms with E-state index in [0.717, 1.165) is 21.9 Å². The maximum absolute atomic E-state index is 13.7. The average molecular weight is 499 g/mol. The van der Waals surface area contributed by atoms with Gasteiger partial charge in [-0.2, -0.15) is 21.9 Å². The third-order valence-corrected chi connectivity index (χ3v) is 5.48. The molecule has 0 nitrogen and oxygen atoms in total. The van der Waals surface area contributed by atoms with E-state index in [1.807, 2.05) is 0 Å². The van der Waals surface area contributed by atoms with Gasteiger partial charge in [-0.25, -0.2) is 17.6 Å². The molecule has 0 fully saturated rings. The molecule has 30 heavy (non-hydrogen) atoms. The van der Waals surface area contributed by atoms with Gasteiger partial charge >= 0.3 is 22.4 Å². The van der Waals surface area contributed by atoms with Crippen LogP contribution in [-0.2, 0) is 22.4 Å². The van der Waals surface area contributed by atoms with E-state index < -0.39 is 29.4 Å². The molecule has 0 atom stereocenters. The fourth-order valence-corrected chi connectivity index (χ4v) is 4.16. The Bertz CT molecular complexity index is 922. The predicted octanol–water partition coefficient (Wildman–Crippen LogP) is 3.62. The van der Waals surface area contributed by atoms with E-state index in [1.54, 1.807) is 48.5 Å². The molecule has 0 N–H and O–H groups in total. The van der Waals surface area contributed by atoms with Gasteiger partial charge in [0, 0.05) is 0 Å². The molecule has 4 rings (SSSR count). The molecule has 0 amide bonds. The summed E-state index contributed by atoms with van der Waals surface area (Å²) < 4.78 is 54.8. The SMILES string of the molecule is Fc1ccc([B-](c2ccc(F)cc2)(c2ccc(F)cc2)c2ccc(F)cc2)cc1.[Ag+]. The molecule has 154 valence electrons. The van der Waals surface area contributed by atoms with E-state index >= 15 is 0 Å². The molecular weight excluding hydrogens is 483 g/mol. The van der Waals surface area contributed by atoms with Crippen LogP contribution in [0.25, 0.3) is 0 Å². The van der Waals surface area contributed by atoms with Crippen molar-refractivity contribution in [2.45, 2.75) is 0 Å². The van der Waals surface area contributed by atoms with Crippen LogP contribution in [0.4, 0.5) is 17.6 Å². The molecule has 0 radical (unpaired) electrons. The van der Waals surface area contributed by atoms with E-state index in [4.69, 9.17) is 0 Å². The third-order valence-electron chi connectivity index (χ3n) is 5.48. The second-order valence-electron chi connectivity index (χ2n) is 7.07. The van der Waals surface area contributed by atoms with Crippen molar-refractivity contribution in [3.05, 3.63) is 120 Å². The van der Waals surface area contributed by atoms with Crippen molar-refractivity contribution >= 4 is 28.0 Å². The van der Waals surface area contributed by atoms with Gasteiger partial charge in [-0.15, -0.1) is 0 Å². The van der Waals surface area contributed by atoms with E-state index in [0.29, 0.717) is 0 Å². The molecule has 4 aromatic carbocycles. The van der Waals surface area contributed by atoms with Crippen LogP contribution in [0.2, 0.25) is 0 Å². The minimum Gasteiger partial charge on any atom is -0.207 e. The fraction of sp³-hybridized carbons (Fsp3) is 0. The molecule has 0 aliphatic rings. The quantitative estimate of drug-likeness (QED) is 0.298. The topological polar surface area (TPSA) is 0 Å². The summed E-state index contributed by atoms with van der Waals surface area (Å²) in [7, 11) is 0. The summed E-state index contributed by atoms with van der Waals surface area (Å²) in [5.74, 6) is -1.57. The van der Waals surface area contributed by atoms with Gasteiger partial charge < -0.3 is 0 Å². The summed E-state index contributed by atoms with van der Waals surface area (Å²) in [6.07, 6.45) is -1.94. The molecule has 0 heterocycles. The van der Waals surface area contributed by atoms with Crippen LogP contribution in [0.3, 0.4) is 0 Å². The van der Waals surface area contributed by atoms with Crippen molar-refractivity contribution in [3.63, 3.8) is 0 Å². The number of benzene rings is 4. The van der Waals surface area contributed by atoms with Crippen molar-refractivity contribution < 1.29 is 39.9 Å². The van der Waals surface area contributed by atoms with E-state index in [2.05, 4.69) is 0 Å². The third kappa shape index (κ3) is 4.01. The molecule has 0 aliphatic heterocycles. The zero-order valence-electron chi connectivity index (χ0n) is 15.6. The van der Waals surface area contributed by atoms with Gasteiger partial charge in [-0.3, -0.25) is 0 Å². The van der Waals surface area contributed by atoms with Crippen LogP contribution in [0.15, 0.2) is 97.1 Å². The maximum atomic E-state index is 13.7. The number of hydrogen-bond donors (Lipinski definition) is 0. The Morgan fingerprint density at radius 2 is 0.500 bits per heavy atom. The summed E-state index contributed by atoms with van der Waals surface area (Å²) in [6, 6.07) is 24.1. The van der Waals surface area contributed by atoms with Crippen LogP contribution in [0.1, 0.15) is 0 Å². The Labute approximate surface area is 188 Å². The van der Waals surface area contributed by atoms with Crippen molar-refractivity contribution in [2.24, 2.45) is 0 Å². The first-order chi connectivity index (χ1) is 14.0. The normalized spacial score (nSPS) is 11.1. The smallest absolute Gasteiger partial charge is 0.207 e. The first-order valence-electron chi connectivity index (χ1n) is 9.20. The van der Waals surface area contributed by atoms with Gasteiger partial charge in [0.05, 0.1) is 0 Å². The summed E-state index contributed by atoms with van der Waals surface area (Å²) >= 11 is 0. The molecule has 0 saturated heterocycles. The van der Waals surface area contributed by atoms with Crippen molar-refractivity contribution in [3.8, 4) is 0 Å². The molecule has 4 aromatic rings. The Kier molecular flexibility index (Phi) is 6.66. The number of rotatable bonds is 4. The summed E-state index contributed by atoms with van der Waals surface area (Å²) in [5.41, 5.74) is 2.99. The minimum atomic E-state index is -1.94. The van der Waals surface area contributed by atoms with Crippen molar-refractivity contribution in [1.29, 1.82) is 0 Å². The summed E-state index contributed by atoms with van der Waals surface area (Å²) in [5, 5.41) is 0. The van der Waals surface area contributed by atoms with Crippen molar-refractivity contribution in [2.75, 3.05) is 0 Å². The van der Waals surface area contributed by atoms with Crippen LogP contribution < -0.4 is 21.9 Å². The average Bonchev–Trinajstić information content (AvgIpc) is 2.73. The Morgan fingerprint density at radius 1 is 0.333 bits per heavy atom. The molecule has 6 heteroatoms. The van der Waals surface area contributed by atoms with Crippen LogP contribution in [0.5, 0.6) is 0 Å². The standard InChI is InChI=1S/C24H16BF4.Ag/c26-21-9-1-17(2-10-21)25(18-3-11-22(27)12-4-18,19-5-13-23(28)14-6-19)20-7-15-24(29)16-8-20;/h1-16H;/q-1;+1. The minimum absolute atomic E-state index is 0. The molecular formula is C24H16AgBF4. The van der Waals surface area contributed by atoms with Gasteiger partial charge in [0.2, 0.25) is 0 Å². The molecule has 0 unspecified atom stereocenters. The van der Waals surface area contributed by atoms with Crippen LogP contribution >= 0.6 is 0 Å². The van der Waals surface area contributed by atoms with Gasteiger partial charge in [0.1, 0.15) is 29.4 Å². The molecule has 0 aliphatic carbocycles. The zero-order chi connectivity index (χ0) is 20.4. The number of hydrogen-bond acceptors (Lipinski definition) is 0. The largest absolute Gasteiger partial charge is 1.00 e. The first kappa shape index (κ1) is 22.1. The Morgan fingerprint density at radius 3 is 0.667 bits per heavy atom. The molecule has 0 aromatic heterocycles. The van der Waals surface area contributed by atoms with Crippen molar-refractivity contribution in [1.82, 2.24) is 0 Å². The molecule has 0 saturated carbocycles. The van der Waals surface area contributed by atoms with Gasteiger partial charge in [0.15, 0.2) is 0 Å². The second kappa shape index (κ2) is 9.05. The Balaban J connectivity index is 0.00000256. The van der Waals surface area contributed by atoms with E-state index in [1.165, 1.54) is 48.5 Å². The predicted molar refractivity (Wildman–Crippen MR) is 110 cm³/mol. The van der Waals surface area contributed by atoms with Crippen LogP contribution in [-0.4, -0.2) is 6.15 Å². The van der Waals surface area contributed by atoms with E-state index in [-0.39, 0.29) is 22.4 Å². The van der Waals surface area contributed by atoms with Gasteiger partial charge in [-0.05, 0) is 48.5 Å². The molecule has 0 bridgehead atoms. The summed E-state index contributed by atoms with van der Waals surface area (Å²) in [4.78, 5) is 0. The van der Waals surface area contributed by atoms with Crippen LogP contribution in [0, 0.1) is 23.3 Å². The number of halogens is 4. The Hall–Kier alpha value is -2.59.